The molecule has 1 saturated heterocycles. The normalized spacial score (nSPS) is 19.6. The van der Waals surface area contributed by atoms with Crippen molar-refractivity contribution in [3.8, 4) is 5.75 Å². The summed E-state index contributed by atoms with van der Waals surface area (Å²) >= 11 is 1.31. The second kappa shape index (κ2) is 9.60. The van der Waals surface area contributed by atoms with Crippen LogP contribution in [0.2, 0.25) is 0 Å². The topological polar surface area (TPSA) is 106 Å². The molecule has 2 aliphatic rings. The van der Waals surface area contributed by atoms with E-state index >= 15 is 0 Å². The molecule has 4 aromatic rings. The summed E-state index contributed by atoms with van der Waals surface area (Å²) in [7, 11) is 1.30. The van der Waals surface area contributed by atoms with E-state index in [0.29, 0.717) is 28.2 Å². The fraction of sp³-hybridized carbons (Fsp3) is 0.226. The monoisotopic (exact) mass is 554 g/mol. The molecule has 0 saturated carbocycles. The number of ether oxygens (including phenoxy) is 2. The highest BCUT2D eigenvalue weighted by Gasteiger charge is 2.48. The molecule has 3 aromatic carbocycles. The molecule has 8 nitrogen and oxygen atoms in total. The van der Waals surface area contributed by atoms with Crippen molar-refractivity contribution in [2.24, 2.45) is 0 Å². The Morgan fingerprint density at radius 3 is 2.52 bits per heavy atom. The minimum absolute atomic E-state index is 0.0115. The molecule has 0 aliphatic carbocycles. The van der Waals surface area contributed by atoms with Crippen LogP contribution >= 0.6 is 11.3 Å². The van der Waals surface area contributed by atoms with Gasteiger partial charge in [-0.3, -0.25) is 14.5 Å². The van der Waals surface area contributed by atoms with Crippen molar-refractivity contribution < 1.29 is 29.0 Å². The number of esters is 1. The maximum absolute atomic E-state index is 13.6. The zero-order valence-electron chi connectivity index (χ0n) is 22.3. The van der Waals surface area contributed by atoms with Crippen LogP contribution in [0.5, 0.6) is 5.75 Å². The number of nitrogens with zero attached hydrogens (tertiary/aromatic N) is 2. The van der Waals surface area contributed by atoms with Crippen LogP contribution in [0.25, 0.3) is 16.0 Å². The minimum atomic E-state index is -0.961. The highest BCUT2D eigenvalue weighted by Crippen LogP contribution is 2.45. The van der Waals surface area contributed by atoms with E-state index in [1.165, 1.54) is 23.3 Å². The molecule has 0 bridgehead atoms. The fourth-order valence-corrected chi connectivity index (χ4v) is 6.62. The maximum Gasteiger partial charge on any atom is 0.337 e. The zero-order chi connectivity index (χ0) is 28.3. The number of amides is 1. The van der Waals surface area contributed by atoms with Crippen molar-refractivity contribution >= 4 is 50.1 Å². The predicted molar refractivity (Wildman–Crippen MR) is 152 cm³/mol. The number of benzene rings is 3. The van der Waals surface area contributed by atoms with E-state index in [0.717, 1.165) is 32.7 Å². The van der Waals surface area contributed by atoms with Gasteiger partial charge in [0.05, 0.1) is 34.5 Å². The zero-order valence-corrected chi connectivity index (χ0v) is 23.2. The molecule has 40 heavy (non-hydrogen) atoms. The quantitative estimate of drug-likeness (QED) is 0.150. The van der Waals surface area contributed by atoms with Crippen LogP contribution < -0.4 is 9.64 Å². The molecule has 3 heterocycles. The van der Waals surface area contributed by atoms with E-state index in [1.807, 2.05) is 32.9 Å². The number of fused-ring (bicyclic) bond motifs is 2. The van der Waals surface area contributed by atoms with Crippen LogP contribution in [0.1, 0.15) is 51.1 Å². The Morgan fingerprint density at radius 2 is 1.80 bits per heavy atom. The van der Waals surface area contributed by atoms with Crippen LogP contribution in [0, 0.1) is 13.8 Å². The number of rotatable bonds is 4. The number of Topliss-reactive ketones (excluding diaryl/α,β-unsaturated/α-hetero) is 1. The predicted octanol–water partition coefficient (Wildman–Crippen LogP) is 5.65. The number of hydrogen-bond acceptors (Lipinski definition) is 8. The summed E-state index contributed by atoms with van der Waals surface area (Å²) in [5.41, 5.74) is 4.92. The third-order valence-electron chi connectivity index (χ3n) is 7.29. The Kier molecular flexibility index (Phi) is 6.18. The first-order valence-corrected chi connectivity index (χ1v) is 13.6. The van der Waals surface area contributed by atoms with E-state index in [1.54, 1.807) is 42.5 Å². The first kappa shape index (κ1) is 25.8. The van der Waals surface area contributed by atoms with Gasteiger partial charge in [-0.1, -0.05) is 29.5 Å². The van der Waals surface area contributed by atoms with Crippen LogP contribution in [0.4, 0.5) is 5.13 Å². The van der Waals surface area contributed by atoms with E-state index in [-0.39, 0.29) is 17.4 Å². The first-order valence-electron chi connectivity index (χ1n) is 12.8. The van der Waals surface area contributed by atoms with Gasteiger partial charge in [0.15, 0.2) is 5.13 Å². The lowest BCUT2D eigenvalue weighted by atomic mass is 9.94. The molecule has 1 fully saturated rings. The van der Waals surface area contributed by atoms with Crippen molar-refractivity contribution in [1.82, 2.24) is 4.98 Å². The van der Waals surface area contributed by atoms with Crippen LogP contribution in [-0.4, -0.2) is 41.0 Å². The van der Waals surface area contributed by atoms with Gasteiger partial charge in [0.2, 0.25) is 0 Å². The summed E-state index contributed by atoms with van der Waals surface area (Å²) in [4.78, 5) is 45.4. The van der Waals surface area contributed by atoms with Gasteiger partial charge in [0.1, 0.15) is 17.6 Å². The van der Waals surface area contributed by atoms with Crippen molar-refractivity contribution in [1.29, 1.82) is 0 Å². The molecule has 1 amide bonds. The molecule has 202 valence electrons. The van der Waals surface area contributed by atoms with Gasteiger partial charge in [-0.2, -0.15) is 0 Å². The van der Waals surface area contributed by atoms with E-state index < -0.39 is 23.7 Å². The third kappa shape index (κ3) is 4.14. The summed E-state index contributed by atoms with van der Waals surface area (Å²) in [6.45, 7) is 5.90. The molecule has 1 N–H and O–H groups in total. The van der Waals surface area contributed by atoms with Crippen LogP contribution in [0.3, 0.4) is 0 Å². The van der Waals surface area contributed by atoms with Crippen molar-refractivity contribution in [3.63, 3.8) is 0 Å². The second-order valence-corrected chi connectivity index (χ2v) is 11.2. The molecule has 2 aliphatic heterocycles. The number of anilines is 1. The average molecular weight is 555 g/mol. The largest absolute Gasteiger partial charge is 0.507 e. The second-order valence-electron chi connectivity index (χ2n) is 10.2. The number of aliphatic hydroxyl groups excluding tert-OH is 1. The van der Waals surface area contributed by atoms with Gasteiger partial charge in [0, 0.05) is 12.0 Å². The Balaban J connectivity index is 1.53. The molecule has 0 radical (unpaired) electrons. The lowest BCUT2D eigenvalue weighted by Crippen LogP contribution is -2.29. The molecular weight excluding hydrogens is 528 g/mol. The van der Waals surface area contributed by atoms with E-state index in [2.05, 4.69) is 0 Å². The Morgan fingerprint density at radius 1 is 1.07 bits per heavy atom. The SMILES string of the molecule is COC(=O)c1ccc([C@H]2C(=C(O)c3ccc4c(c3)C[C@H](C)O4)C(=O)C(=O)N2c2nc3c(C)cc(C)cc3s2)cc1. The van der Waals surface area contributed by atoms with Crippen molar-refractivity contribution in [2.75, 3.05) is 12.0 Å². The smallest absolute Gasteiger partial charge is 0.337 e. The number of thiazole rings is 1. The average Bonchev–Trinajstić information content (AvgIpc) is 3.60. The van der Waals surface area contributed by atoms with E-state index in [9.17, 15) is 19.5 Å². The number of carbonyl (C=O) groups is 3. The van der Waals surface area contributed by atoms with Gasteiger partial charge in [0.25, 0.3) is 5.78 Å². The van der Waals surface area contributed by atoms with Crippen LogP contribution in [0.15, 0.2) is 60.2 Å². The van der Waals surface area contributed by atoms with Gasteiger partial charge in [-0.05, 0) is 79.4 Å². The molecule has 1 aromatic heterocycles. The number of ketones is 1. The molecule has 6 rings (SSSR count). The van der Waals surface area contributed by atoms with Gasteiger partial charge >= 0.3 is 11.9 Å². The number of aliphatic hydroxyl groups is 1. The Labute approximate surface area is 234 Å². The molecule has 2 atom stereocenters. The maximum atomic E-state index is 13.6. The summed E-state index contributed by atoms with van der Waals surface area (Å²) in [5.74, 6) is -1.64. The van der Waals surface area contributed by atoms with Gasteiger partial charge < -0.3 is 14.6 Å². The third-order valence-corrected chi connectivity index (χ3v) is 8.29. The lowest BCUT2D eigenvalue weighted by Gasteiger charge is -2.23. The Bertz CT molecular complexity index is 1750. The Hall–Kier alpha value is -4.50. The first-order chi connectivity index (χ1) is 19.2. The summed E-state index contributed by atoms with van der Waals surface area (Å²) in [6.07, 6.45) is 0.686. The molecule has 0 spiro atoms. The standard InChI is InChI=1S/C31H26N2O6S/c1-15-11-16(2)25-23(12-15)40-31(32-25)33-26(18-5-7-19(8-6-18)30(37)38-4)24(28(35)29(33)36)27(34)20-9-10-22-21(14-20)13-17(3)39-22/h5-12,14,17,26,34H,13H2,1-4H3/t17-,26-/m0/s1. The highest BCUT2D eigenvalue weighted by molar-refractivity contribution is 7.22. The summed E-state index contributed by atoms with van der Waals surface area (Å²) in [5, 5.41) is 11.9. The van der Waals surface area contributed by atoms with Crippen molar-refractivity contribution in [2.45, 2.75) is 39.3 Å². The minimum Gasteiger partial charge on any atom is -0.507 e. The lowest BCUT2D eigenvalue weighted by molar-refractivity contribution is -0.132. The van der Waals surface area contributed by atoms with Crippen LogP contribution in [-0.2, 0) is 20.7 Å². The number of methoxy groups -OCH3 is 1. The fourth-order valence-electron chi connectivity index (χ4n) is 5.45. The summed E-state index contributed by atoms with van der Waals surface area (Å²) in [6, 6.07) is 14.7. The molecular formula is C31H26N2O6S. The van der Waals surface area contributed by atoms with Gasteiger partial charge in [-0.25, -0.2) is 9.78 Å². The number of aryl methyl sites for hydroxylation is 2. The van der Waals surface area contributed by atoms with E-state index in [4.69, 9.17) is 14.5 Å². The number of hydrogen-bond donors (Lipinski definition) is 1. The molecule has 9 heteroatoms. The van der Waals surface area contributed by atoms with Crippen molar-refractivity contribution in [3.05, 3.63) is 93.6 Å². The molecule has 0 unspecified atom stereocenters. The summed E-state index contributed by atoms with van der Waals surface area (Å²) < 4.78 is 11.5. The number of carbonyl (C=O) groups excluding carboxylic acids is 3. The highest BCUT2D eigenvalue weighted by atomic mass is 32.1. The number of aromatic nitrogens is 1. The van der Waals surface area contributed by atoms with Gasteiger partial charge in [-0.15, -0.1) is 0 Å².